The number of nitrogens with one attached hydrogen (secondary N) is 1. The summed E-state index contributed by atoms with van der Waals surface area (Å²) >= 11 is 0. The summed E-state index contributed by atoms with van der Waals surface area (Å²) in [5, 5.41) is 3.19. The standard InChI is InChI=1S/C33H41N3O4S/c1-4-30(33(38)34-28-17-7-5-8-18-28)35(23-27-16-13-14-25(2)22-27)32(37)24-36(31-21-12-11-15-26(31)3)41(39,40)29-19-9-6-10-20-29/h6,9-16,19-22,28,30H,4-5,7-8,17-18,23-24H2,1-3H3,(H,34,38)/t30-/m0/s1. The number of para-hydroxylation sites is 1. The maximum atomic E-state index is 14.2. The van der Waals surface area contributed by atoms with Crippen molar-refractivity contribution < 1.29 is 18.0 Å². The Bertz CT molecular complexity index is 1440. The van der Waals surface area contributed by atoms with Crippen molar-refractivity contribution in [2.24, 2.45) is 0 Å². The first-order valence-corrected chi connectivity index (χ1v) is 15.9. The van der Waals surface area contributed by atoms with Gasteiger partial charge >= 0.3 is 0 Å². The van der Waals surface area contributed by atoms with Gasteiger partial charge in [-0.2, -0.15) is 0 Å². The Morgan fingerprint density at radius 2 is 1.59 bits per heavy atom. The molecule has 1 aliphatic carbocycles. The van der Waals surface area contributed by atoms with Crippen LogP contribution in [0, 0.1) is 13.8 Å². The third-order valence-electron chi connectivity index (χ3n) is 7.77. The van der Waals surface area contributed by atoms with Crippen LogP contribution in [0.1, 0.15) is 62.1 Å². The summed E-state index contributed by atoms with van der Waals surface area (Å²) in [6.45, 7) is 5.46. The molecule has 4 rings (SSSR count). The smallest absolute Gasteiger partial charge is 0.264 e. The third kappa shape index (κ3) is 7.55. The van der Waals surface area contributed by atoms with Crippen LogP contribution < -0.4 is 9.62 Å². The van der Waals surface area contributed by atoms with Crippen molar-refractivity contribution in [3.8, 4) is 0 Å². The van der Waals surface area contributed by atoms with E-state index in [0.29, 0.717) is 12.1 Å². The number of carbonyl (C=O) groups is 2. The van der Waals surface area contributed by atoms with E-state index in [0.717, 1.165) is 42.4 Å². The molecule has 0 heterocycles. The Balaban J connectivity index is 1.71. The average molecular weight is 576 g/mol. The van der Waals surface area contributed by atoms with E-state index < -0.39 is 28.5 Å². The molecule has 8 heteroatoms. The summed E-state index contributed by atoms with van der Waals surface area (Å²) in [6.07, 6.45) is 5.61. The van der Waals surface area contributed by atoms with Gasteiger partial charge in [-0.05, 0) is 62.4 Å². The van der Waals surface area contributed by atoms with Crippen molar-refractivity contribution in [3.05, 3.63) is 95.6 Å². The topological polar surface area (TPSA) is 86.8 Å². The molecular formula is C33H41N3O4S. The molecule has 0 saturated heterocycles. The first kappa shape index (κ1) is 30.3. The van der Waals surface area contributed by atoms with Crippen molar-refractivity contribution in [2.45, 2.75) is 82.8 Å². The number of rotatable bonds is 11. The van der Waals surface area contributed by atoms with Crippen LogP contribution in [0.4, 0.5) is 5.69 Å². The second-order valence-electron chi connectivity index (χ2n) is 10.9. The Labute approximate surface area is 244 Å². The van der Waals surface area contributed by atoms with Gasteiger partial charge < -0.3 is 10.2 Å². The molecule has 0 radical (unpaired) electrons. The Kier molecular flexibility index (Phi) is 10.2. The largest absolute Gasteiger partial charge is 0.352 e. The number of amides is 2. The predicted molar refractivity (Wildman–Crippen MR) is 163 cm³/mol. The molecule has 0 bridgehead atoms. The molecule has 0 aliphatic heterocycles. The molecule has 7 nitrogen and oxygen atoms in total. The number of hydrogen-bond acceptors (Lipinski definition) is 4. The van der Waals surface area contributed by atoms with E-state index in [9.17, 15) is 18.0 Å². The molecule has 2 amide bonds. The zero-order chi connectivity index (χ0) is 29.4. The highest BCUT2D eigenvalue weighted by atomic mass is 32.2. The summed E-state index contributed by atoms with van der Waals surface area (Å²) in [5.41, 5.74) is 3.09. The van der Waals surface area contributed by atoms with Gasteiger partial charge in [0.25, 0.3) is 10.0 Å². The van der Waals surface area contributed by atoms with Crippen molar-refractivity contribution in [1.29, 1.82) is 0 Å². The summed E-state index contributed by atoms with van der Waals surface area (Å²) in [5.74, 6) is -0.617. The number of sulfonamides is 1. The van der Waals surface area contributed by atoms with Crippen LogP contribution in [0.5, 0.6) is 0 Å². The second kappa shape index (κ2) is 13.8. The molecule has 0 spiro atoms. The predicted octanol–water partition coefficient (Wildman–Crippen LogP) is 5.76. The SMILES string of the molecule is CC[C@@H](C(=O)NC1CCCCC1)N(Cc1cccc(C)c1)C(=O)CN(c1ccccc1C)S(=O)(=O)c1ccccc1. The first-order valence-electron chi connectivity index (χ1n) is 14.5. The fraction of sp³-hybridized carbons (Fsp3) is 0.394. The third-order valence-corrected chi connectivity index (χ3v) is 9.54. The lowest BCUT2D eigenvalue weighted by molar-refractivity contribution is -0.140. The van der Waals surface area contributed by atoms with E-state index >= 15 is 0 Å². The van der Waals surface area contributed by atoms with Crippen LogP contribution in [-0.4, -0.2) is 43.8 Å². The lowest BCUT2D eigenvalue weighted by atomic mass is 9.95. The molecule has 1 aliphatic rings. The summed E-state index contributed by atoms with van der Waals surface area (Å²) < 4.78 is 29.1. The lowest BCUT2D eigenvalue weighted by Gasteiger charge is -2.34. The van der Waals surface area contributed by atoms with Crippen molar-refractivity contribution >= 4 is 27.5 Å². The molecule has 218 valence electrons. The normalized spacial score (nSPS) is 14.7. The fourth-order valence-electron chi connectivity index (χ4n) is 5.55. The first-order chi connectivity index (χ1) is 19.7. The minimum absolute atomic E-state index is 0.100. The van der Waals surface area contributed by atoms with Crippen molar-refractivity contribution in [1.82, 2.24) is 10.2 Å². The number of nitrogens with zero attached hydrogens (tertiary/aromatic N) is 2. The highest BCUT2D eigenvalue weighted by Gasteiger charge is 2.34. The molecule has 1 saturated carbocycles. The highest BCUT2D eigenvalue weighted by molar-refractivity contribution is 7.92. The quantitative estimate of drug-likeness (QED) is 0.315. The summed E-state index contributed by atoms with van der Waals surface area (Å²) in [6, 6.07) is 22.5. The van der Waals surface area contributed by atoms with E-state index in [2.05, 4.69) is 5.32 Å². The van der Waals surface area contributed by atoms with Crippen LogP contribution in [0.3, 0.4) is 0 Å². The molecule has 3 aromatic rings. The summed E-state index contributed by atoms with van der Waals surface area (Å²) in [4.78, 5) is 29.5. The van der Waals surface area contributed by atoms with Gasteiger partial charge in [0.1, 0.15) is 12.6 Å². The molecule has 1 fully saturated rings. The minimum Gasteiger partial charge on any atom is -0.352 e. The van der Waals surface area contributed by atoms with Gasteiger partial charge in [-0.25, -0.2) is 8.42 Å². The molecule has 3 aromatic carbocycles. The van der Waals surface area contributed by atoms with Gasteiger partial charge in [0.15, 0.2) is 0 Å². The van der Waals surface area contributed by atoms with Crippen LogP contribution in [0.25, 0.3) is 0 Å². The van der Waals surface area contributed by atoms with Crippen LogP contribution in [-0.2, 0) is 26.2 Å². The van der Waals surface area contributed by atoms with E-state index in [4.69, 9.17) is 0 Å². The summed E-state index contributed by atoms with van der Waals surface area (Å²) in [7, 11) is -4.07. The van der Waals surface area contributed by atoms with Gasteiger partial charge in [-0.15, -0.1) is 0 Å². The monoisotopic (exact) mass is 575 g/mol. The van der Waals surface area contributed by atoms with E-state index in [-0.39, 0.29) is 23.4 Å². The zero-order valence-corrected chi connectivity index (χ0v) is 25.1. The molecule has 1 N–H and O–H groups in total. The number of anilines is 1. The van der Waals surface area contributed by atoms with Gasteiger partial charge in [0.2, 0.25) is 11.8 Å². The molecular weight excluding hydrogens is 534 g/mol. The highest BCUT2D eigenvalue weighted by Crippen LogP contribution is 2.27. The molecule has 1 atom stereocenters. The van der Waals surface area contributed by atoms with Gasteiger partial charge in [-0.3, -0.25) is 13.9 Å². The number of carbonyl (C=O) groups excluding carboxylic acids is 2. The van der Waals surface area contributed by atoms with Gasteiger partial charge in [0, 0.05) is 12.6 Å². The van der Waals surface area contributed by atoms with Crippen LogP contribution in [0.2, 0.25) is 0 Å². The van der Waals surface area contributed by atoms with E-state index in [1.54, 1.807) is 35.2 Å². The molecule has 0 unspecified atom stereocenters. The maximum absolute atomic E-state index is 14.2. The second-order valence-corrected chi connectivity index (χ2v) is 12.8. The van der Waals surface area contributed by atoms with Gasteiger partial charge in [-0.1, -0.05) is 92.4 Å². The lowest BCUT2D eigenvalue weighted by Crippen LogP contribution is -2.54. The van der Waals surface area contributed by atoms with Gasteiger partial charge in [0.05, 0.1) is 10.6 Å². The van der Waals surface area contributed by atoms with E-state index in [1.165, 1.54) is 22.9 Å². The Morgan fingerprint density at radius 1 is 0.902 bits per heavy atom. The van der Waals surface area contributed by atoms with E-state index in [1.807, 2.05) is 57.2 Å². The molecule has 0 aromatic heterocycles. The van der Waals surface area contributed by atoms with Crippen molar-refractivity contribution in [3.63, 3.8) is 0 Å². The molecule has 41 heavy (non-hydrogen) atoms. The number of hydrogen-bond donors (Lipinski definition) is 1. The fourth-order valence-corrected chi connectivity index (χ4v) is 7.05. The average Bonchev–Trinajstić information content (AvgIpc) is 2.97. The minimum atomic E-state index is -4.07. The number of benzene rings is 3. The Morgan fingerprint density at radius 3 is 2.24 bits per heavy atom. The number of aryl methyl sites for hydroxylation is 2. The maximum Gasteiger partial charge on any atom is 0.264 e. The Hall–Kier alpha value is -3.65. The van der Waals surface area contributed by atoms with Crippen molar-refractivity contribution in [2.75, 3.05) is 10.8 Å². The van der Waals surface area contributed by atoms with Crippen LogP contribution in [0.15, 0.2) is 83.8 Å². The zero-order valence-electron chi connectivity index (χ0n) is 24.3. The van der Waals surface area contributed by atoms with Crippen LogP contribution >= 0.6 is 0 Å².